The molecule has 0 saturated heterocycles. The number of fused-ring (bicyclic) bond motifs is 20. The molecule has 1 atom stereocenters. The van der Waals surface area contributed by atoms with Crippen molar-refractivity contribution in [2.75, 3.05) is 4.90 Å². The average molecular weight is 1060 g/mol. The van der Waals surface area contributed by atoms with E-state index in [-0.39, 0.29) is 0 Å². The standard InChI is InChI=1S/C73H40N8O2/c1-75-44-27-33-64-54(35-44)52-17-5-9-21-62(52)81(64)48-37-58-72(77-42-48)71-57(36-47(41-76-71)80-59-18-6-2-14-49(59)50-15-3-7-19-60(50)80)73(58)55-30-28-45(78-61-20-8-4-16-51(61)53-34-43(40-74)26-32-63(53)78)38-69(55)83-70-39-46(29-31-56(70)73)79-65-22-10-12-24-67(65)82-68-25-13-11-23-66(68)79/h2-39,41-42H. The van der Waals surface area contributed by atoms with Crippen molar-refractivity contribution in [3.8, 4) is 57.5 Å². The van der Waals surface area contributed by atoms with E-state index in [9.17, 15) is 5.26 Å². The molecule has 0 saturated carbocycles. The summed E-state index contributed by atoms with van der Waals surface area (Å²) in [5, 5.41) is 16.5. The summed E-state index contributed by atoms with van der Waals surface area (Å²) in [5.41, 5.74) is 16.9. The molecular formula is C73H40N8O2. The molecule has 0 N–H and O–H groups in total. The lowest BCUT2D eigenvalue weighted by Crippen LogP contribution is -2.33. The van der Waals surface area contributed by atoms with E-state index in [1.54, 1.807) is 0 Å². The Morgan fingerprint density at radius 3 is 1.36 bits per heavy atom. The van der Waals surface area contributed by atoms with Crippen LogP contribution in [0.4, 0.5) is 22.7 Å². The number of hydrogen-bond donors (Lipinski definition) is 0. The normalized spacial score (nSPS) is 14.5. The van der Waals surface area contributed by atoms with Gasteiger partial charge in [0.2, 0.25) is 0 Å². The number of nitrogens with zero attached hydrogens (tertiary/aromatic N) is 8. The Kier molecular flexibility index (Phi) is 9.07. The maximum atomic E-state index is 10.1. The third-order valence-electron chi connectivity index (χ3n) is 17.4. The van der Waals surface area contributed by atoms with Crippen LogP contribution in [0.5, 0.6) is 23.0 Å². The molecule has 384 valence electrons. The van der Waals surface area contributed by atoms with Gasteiger partial charge in [-0.15, -0.1) is 0 Å². The topological polar surface area (TPSA) is 90.4 Å². The van der Waals surface area contributed by atoms with Gasteiger partial charge in [-0.2, -0.15) is 5.26 Å². The summed E-state index contributed by atoms with van der Waals surface area (Å²) in [6, 6.07) is 82.4. The molecule has 1 spiro atoms. The van der Waals surface area contributed by atoms with E-state index in [4.69, 9.17) is 26.0 Å². The third kappa shape index (κ3) is 6.07. The average Bonchev–Trinajstić information content (AvgIpc) is 3.41. The van der Waals surface area contributed by atoms with Crippen LogP contribution in [0.2, 0.25) is 0 Å². The number of anilines is 3. The van der Waals surface area contributed by atoms with Crippen LogP contribution in [0.15, 0.2) is 243 Å². The largest absolute Gasteiger partial charge is 0.457 e. The number of para-hydroxylation sites is 8. The summed E-state index contributed by atoms with van der Waals surface area (Å²) in [5.74, 6) is 2.84. The molecule has 1 unspecified atom stereocenters. The molecule has 0 amide bonds. The van der Waals surface area contributed by atoms with Crippen molar-refractivity contribution >= 4 is 88.2 Å². The van der Waals surface area contributed by atoms with Gasteiger partial charge in [0.1, 0.15) is 11.5 Å². The fraction of sp³-hybridized carbons (Fsp3) is 0.0137. The van der Waals surface area contributed by atoms with Gasteiger partial charge in [0.15, 0.2) is 17.2 Å². The second kappa shape index (κ2) is 16.7. The van der Waals surface area contributed by atoms with Crippen LogP contribution >= 0.6 is 0 Å². The van der Waals surface area contributed by atoms with Gasteiger partial charge in [-0.1, -0.05) is 115 Å². The maximum absolute atomic E-state index is 10.1. The highest BCUT2D eigenvalue weighted by atomic mass is 16.5. The van der Waals surface area contributed by atoms with E-state index in [2.05, 4.69) is 187 Å². The Morgan fingerprint density at radius 1 is 0.386 bits per heavy atom. The van der Waals surface area contributed by atoms with E-state index in [1.807, 2.05) is 85.2 Å². The molecule has 0 fully saturated rings. The number of rotatable bonds is 4. The van der Waals surface area contributed by atoms with Crippen LogP contribution in [0, 0.1) is 17.9 Å². The molecular weight excluding hydrogens is 1020 g/mol. The van der Waals surface area contributed by atoms with Gasteiger partial charge in [0, 0.05) is 67.0 Å². The van der Waals surface area contributed by atoms with Gasteiger partial charge in [0.05, 0.1) is 109 Å². The van der Waals surface area contributed by atoms with Gasteiger partial charge in [-0.25, -0.2) is 4.85 Å². The number of ether oxygens (including phenoxy) is 2. The Bertz CT molecular complexity index is 5380. The number of aromatic nitrogens is 5. The molecule has 0 radical (unpaired) electrons. The summed E-state index contributed by atoms with van der Waals surface area (Å²) in [6.07, 6.45) is 3.97. The smallest absolute Gasteiger partial charge is 0.188 e. The summed E-state index contributed by atoms with van der Waals surface area (Å²) in [4.78, 5) is 17.2. The Balaban J connectivity index is 0.958. The minimum Gasteiger partial charge on any atom is -0.457 e. The molecule has 3 aliphatic rings. The van der Waals surface area contributed by atoms with Gasteiger partial charge in [0.25, 0.3) is 0 Å². The van der Waals surface area contributed by atoms with Crippen molar-refractivity contribution in [3.63, 3.8) is 0 Å². The fourth-order valence-electron chi connectivity index (χ4n) is 14.0. The number of nitriles is 1. The van der Waals surface area contributed by atoms with Crippen molar-refractivity contribution < 1.29 is 9.47 Å². The zero-order valence-corrected chi connectivity index (χ0v) is 44.0. The molecule has 1 aliphatic carbocycles. The molecule has 83 heavy (non-hydrogen) atoms. The van der Waals surface area contributed by atoms with Crippen molar-refractivity contribution in [3.05, 3.63) is 282 Å². The molecule has 10 aromatic carbocycles. The van der Waals surface area contributed by atoms with Crippen LogP contribution in [0.1, 0.15) is 27.8 Å². The van der Waals surface area contributed by atoms with E-state index in [1.165, 1.54) is 0 Å². The van der Waals surface area contributed by atoms with Gasteiger partial charge < -0.3 is 28.1 Å². The molecule has 10 nitrogen and oxygen atoms in total. The Morgan fingerprint density at radius 2 is 0.819 bits per heavy atom. The van der Waals surface area contributed by atoms with Crippen molar-refractivity contribution in [1.29, 1.82) is 5.26 Å². The minimum atomic E-state index is -1.07. The second-order valence-electron chi connectivity index (χ2n) is 21.5. The molecule has 5 aromatic heterocycles. The van der Waals surface area contributed by atoms with Gasteiger partial charge in [-0.3, -0.25) is 9.97 Å². The molecule has 2 aliphatic heterocycles. The first kappa shape index (κ1) is 45.2. The Labute approximate surface area is 474 Å². The first-order valence-corrected chi connectivity index (χ1v) is 27.5. The monoisotopic (exact) mass is 1060 g/mol. The molecule has 0 bridgehead atoms. The summed E-state index contributed by atoms with van der Waals surface area (Å²) < 4.78 is 21.0. The molecule has 15 aromatic rings. The highest BCUT2D eigenvalue weighted by Gasteiger charge is 2.53. The van der Waals surface area contributed by atoms with Gasteiger partial charge >= 0.3 is 0 Å². The first-order chi connectivity index (χ1) is 41.0. The third-order valence-corrected chi connectivity index (χ3v) is 17.4. The summed E-state index contributed by atoms with van der Waals surface area (Å²) in [7, 11) is 0. The first-order valence-electron chi connectivity index (χ1n) is 27.5. The zero-order chi connectivity index (χ0) is 54.7. The van der Waals surface area contributed by atoms with Crippen LogP contribution in [-0.2, 0) is 5.41 Å². The van der Waals surface area contributed by atoms with E-state index < -0.39 is 5.41 Å². The van der Waals surface area contributed by atoms with Crippen LogP contribution < -0.4 is 14.4 Å². The van der Waals surface area contributed by atoms with E-state index in [0.717, 1.165) is 145 Å². The number of hydrogen-bond acceptors (Lipinski definition) is 6. The molecule has 10 heteroatoms. The highest BCUT2D eigenvalue weighted by molar-refractivity contribution is 6.12. The SMILES string of the molecule is [C-]#[N+]c1ccc2c(c1)c1ccccc1n2-c1cnc2c(c1)C1(c3ccc(N4c5ccccc5Oc5ccccc54)cc3Oc3cc(-n4c5ccccc5c5cc(C#N)ccc54)ccc31)c1cc(-n3c4ccccc4c4ccccc43)cnc1-2. The molecule has 18 rings (SSSR count). The van der Waals surface area contributed by atoms with Crippen molar-refractivity contribution in [1.82, 2.24) is 23.7 Å². The van der Waals surface area contributed by atoms with Gasteiger partial charge in [-0.05, 0) is 109 Å². The number of pyridine rings is 2. The molecule has 7 heterocycles. The lowest BCUT2D eigenvalue weighted by atomic mass is 9.66. The minimum absolute atomic E-state index is 0.582. The maximum Gasteiger partial charge on any atom is 0.188 e. The Hall–Kier alpha value is -11.7. The highest BCUT2D eigenvalue weighted by Crippen LogP contribution is 2.63. The lowest BCUT2D eigenvalue weighted by molar-refractivity contribution is 0.436. The predicted molar refractivity (Wildman–Crippen MR) is 328 cm³/mol. The van der Waals surface area contributed by atoms with Crippen molar-refractivity contribution in [2.45, 2.75) is 5.41 Å². The van der Waals surface area contributed by atoms with Crippen LogP contribution in [0.3, 0.4) is 0 Å². The summed E-state index contributed by atoms with van der Waals surface area (Å²) in [6.45, 7) is 7.96. The quantitative estimate of drug-likeness (QED) is 0.163. The lowest BCUT2D eigenvalue weighted by Gasteiger charge is -2.40. The predicted octanol–water partition coefficient (Wildman–Crippen LogP) is 18.2. The summed E-state index contributed by atoms with van der Waals surface area (Å²) >= 11 is 0. The fourth-order valence-corrected chi connectivity index (χ4v) is 14.0. The van der Waals surface area contributed by atoms with E-state index in [0.29, 0.717) is 22.7 Å². The second-order valence-corrected chi connectivity index (χ2v) is 21.5. The zero-order valence-electron chi connectivity index (χ0n) is 44.0. The van der Waals surface area contributed by atoms with E-state index >= 15 is 0 Å². The van der Waals surface area contributed by atoms with Crippen LogP contribution in [-0.4, -0.2) is 23.7 Å². The van der Waals surface area contributed by atoms with Crippen molar-refractivity contribution in [2.24, 2.45) is 0 Å². The van der Waals surface area contributed by atoms with Crippen LogP contribution in [0.25, 0.3) is 98.7 Å². The number of benzene rings is 10.